The Morgan fingerprint density at radius 2 is 1.77 bits per heavy atom. The van der Waals surface area contributed by atoms with Crippen LogP contribution in [-0.2, 0) is 16.1 Å². The Hall–Kier alpha value is -3.02. The van der Waals surface area contributed by atoms with Crippen LogP contribution in [-0.4, -0.2) is 37.5 Å². The maximum Gasteiger partial charge on any atom is 0.244 e. The quantitative estimate of drug-likeness (QED) is 0.828. The fourth-order valence-electron chi connectivity index (χ4n) is 2.60. The zero-order chi connectivity index (χ0) is 19.1. The van der Waals surface area contributed by atoms with Crippen LogP contribution in [0.3, 0.4) is 0 Å². The van der Waals surface area contributed by atoms with Gasteiger partial charge in [0.1, 0.15) is 6.54 Å². The van der Waals surface area contributed by atoms with Gasteiger partial charge in [-0.05, 0) is 24.6 Å². The van der Waals surface area contributed by atoms with Gasteiger partial charge in [0, 0.05) is 25.2 Å². The standard InChI is InChI=1S/C20H24N2O4/c1-14-6-5-7-16(10-14)12-22(15(2)23)13-20(24)21-17-8-9-18(25-3)19(11-17)26-4/h5-11H,12-13H2,1-4H3,(H,21,24). The van der Waals surface area contributed by atoms with Gasteiger partial charge in [-0.2, -0.15) is 0 Å². The second kappa shape index (κ2) is 8.89. The van der Waals surface area contributed by atoms with E-state index < -0.39 is 0 Å². The molecule has 0 bridgehead atoms. The van der Waals surface area contributed by atoms with Crippen molar-refractivity contribution in [3.05, 3.63) is 53.6 Å². The molecule has 0 aliphatic heterocycles. The fraction of sp³-hybridized carbons (Fsp3) is 0.300. The Balaban J connectivity index is 2.05. The number of anilines is 1. The van der Waals surface area contributed by atoms with Gasteiger partial charge in [-0.25, -0.2) is 0 Å². The van der Waals surface area contributed by atoms with Crippen LogP contribution in [0.15, 0.2) is 42.5 Å². The summed E-state index contributed by atoms with van der Waals surface area (Å²) in [4.78, 5) is 25.8. The molecule has 0 radical (unpaired) electrons. The van der Waals surface area contributed by atoms with Crippen LogP contribution in [0, 0.1) is 6.92 Å². The number of benzene rings is 2. The Labute approximate surface area is 153 Å². The lowest BCUT2D eigenvalue weighted by Gasteiger charge is -2.21. The zero-order valence-corrected chi connectivity index (χ0v) is 15.5. The number of nitrogens with one attached hydrogen (secondary N) is 1. The van der Waals surface area contributed by atoms with E-state index in [1.165, 1.54) is 18.9 Å². The van der Waals surface area contributed by atoms with Crippen LogP contribution < -0.4 is 14.8 Å². The predicted octanol–water partition coefficient (Wildman–Crippen LogP) is 3.00. The van der Waals surface area contributed by atoms with E-state index in [0.717, 1.165) is 11.1 Å². The first kappa shape index (κ1) is 19.3. The molecule has 1 N–H and O–H groups in total. The normalized spacial score (nSPS) is 10.2. The van der Waals surface area contributed by atoms with E-state index in [-0.39, 0.29) is 18.4 Å². The fourth-order valence-corrected chi connectivity index (χ4v) is 2.60. The van der Waals surface area contributed by atoms with Crippen molar-refractivity contribution in [3.63, 3.8) is 0 Å². The number of hydrogen-bond donors (Lipinski definition) is 1. The minimum Gasteiger partial charge on any atom is -0.493 e. The van der Waals surface area contributed by atoms with Gasteiger partial charge in [0.05, 0.1) is 14.2 Å². The van der Waals surface area contributed by atoms with Crippen molar-refractivity contribution in [1.82, 2.24) is 4.90 Å². The van der Waals surface area contributed by atoms with Crippen LogP contribution in [0.25, 0.3) is 0 Å². The summed E-state index contributed by atoms with van der Waals surface area (Å²) in [5, 5.41) is 2.78. The number of carbonyl (C=O) groups excluding carboxylic acids is 2. The summed E-state index contributed by atoms with van der Waals surface area (Å²) >= 11 is 0. The highest BCUT2D eigenvalue weighted by Gasteiger charge is 2.15. The number of aryl methyl sites for hydroxylation is 1. The maximum absolute atomic E-state index is 12.4. The highest BCUT2D eigenvalue weighted by molar-refractivity contribution is 5.94. The molecule has 0 heterocycles. The average Bonchev–Trinajstić information content (AvgIpc) is 2.61. The lowest BCUT2D eigenvalue weighted by Crippen LogP contribution is -2.36. The van der Waals surface area contributed by atoms with Crippen molar-refractivity contribution in [1.29, 1.82) is 0 Å². The number of carbonyl (C=O) groups is 2. The number of nitrogens with zero attached hydrogens (tertiary/aromatic N) is 1. The smallest absolute Gasteiger partial charge is 0.244 e. The summed E-state index contributed by atoms with van der Waals surface area (Å²) in [6.07, 6.45) is 0. The van der Waals surface area contributed by atoms with Crippen LogP contribution in [0.1, 0.15) is 18.1 Å². The largest absolute Gasteiger partial charge is 0.493 e. The third kappa shape index (κ3) is 5.24. The van der Waals surface area contributed by atoms with Gasteiger partial charge < -0.3 is 19.7 Å². The molecule has 0 saturated carbocycles. The minimum atomic E-state index is -0.278. The first-order valence-corrected chi connectivity index (χ1v) is 8.26. The summed E-state index contributed by atoms with van der Waals surface area (Å²) in [6.45, 7) is 3.80. The van der Waals surface area contributed by atoms with Gasteiger partial charge >= 0.3 is 0 Å². The van der Waals surface area contributed by atoms with Crippen molar-refractivity contribution in [2.45, 2.75) is 20.4 Å². The molecule has 6 nitrogen and oxygen atoms in total. The number of amides is 2. The molecule has 2 aromatic rings. The van der Waals surface area contributed by atoms with Gasteiger partial charge in [0.15, 0.2) is 11.5 Å². The molecule has 0 atom stereocenters. The van der Waals surface area contributed by atoms with Crippen molar-refractivity contribution in [3.8, 4) is 11.5 Å². The third-order valence-corrected chi connectivity index (χ3v) is 3.90. The summed E-state index contributed by atoms with van der Waals surface area (Å²) in [5.74, 6) is 0.665. The lowest BCUT2D eigenvalue weighted by molar-refractivity contribution is -0.133. The van der Waals surface area contributed by atoms with E-state index in [9.17, 15) is 9.59 Å². The second-order valence-corrected chi connectivity index (χ2v) is 5.98. The molecule has 0 saturated heterocycles. The highest BCUT2D eigenvalue weighted by Crippen LogP contribution is 2.29. The molecular formula is C20H24N2O4. The Kier molecular flexibility index (Phi) is 6.60. The summed E-state index contributed by atoms with van der Waals surface area (Å²) in [7, 11) is 3.08. The van der Waals surface area contributed by atoms with Crippen molar-refractivity contribution in [2.24, 2.45) is 0 Å². The molecule has 6 heteroatoms. The Morgan fingerprint density at radius 3 is 2.38 bits per heavy atom. The highest BCUT2D eigenvalue weighted by atomic mass is 16.5. The zero-order valence-electron chi connectivity index (χ0n) is 15.5. The van der Waals surface area contributed by atoms with Crippen molar-refractivity contribution < 1.29 is 19.1 Å². The molecule has 0 aliphatic rings. The van der Waals surface area contributed by atoms with Crippen LogP contribution in [0.2, 0.25) is 0 Å². The molecule has 0 aliphatic carbocycles. The van der Waals surface area contributed by atoms with Crippen molar-refractivity contribution in [2.75, 3.05) is 26.1 Å². The molecule has 0 spiro atoms. The van der Waals surface area contributed by atoms with Crippen LogP contribution >= 0.6 is 0 Å². The molecule has 0 aromatic heterocycles. The number of methoxy groups -OCH3 is 2. The third-order valence-electron chi connectivity index (χ3n) is 3.90. The van der Waals surface area contributed by atoms with E-state index >= 15 is 0 Å². The molecule has 26 heavy (non-hydrogen) atoms. The Morgan fingerprint density at radius 1 is 1.04 bits per heavy atom. The molecule has 138 valence electrons. The van der Waals surface area contributed by atoms with Gasteiger partial charge in [0.2, 0.25) is 11.8 Å². The lowest BCUT2D eigenvalue weighted by atomic mass is 10.1. The number of hydrogen-bond acceptors (Lipinski definition) is 4. The van der Waals surface area contributed by atoms with Crippen LogP contribution in [0.5, 0.6) is 11.5 Å². The van der Waals surface area contributed by atoms with E-state index in [0.29, 0.717) is 23.7 Å². The summed E-state index contributed by atoms with van der Waals surface area (Å²) in [6, 6.07) is 13.0. The first-order chi connectivity index (χ1) is 12.4. The summed E-state index contributed by atoms with van der Waals surface area (Å²) < 4.78 is 10.4. The summed E-state index contributed by atoms with van der Waals surface area (Å²) in [5.41, 5.74) is 2.67. The van der Waals surface area contributed by atoms with Crippen LogP contribution in [0.4, 0.5) is 5.69 Å². The molecule has 2 aromatic carbocycles. The van der Waals surface area contributed by atoms with E-state index in [4.69, 9.17) is 9.47 Å². The van der Waals surface area contributed by atoms with E-state index in [1.807, 2.05) is 31.2 Å². The van der Waals surface area contributed by atoms with E-state index in [2.05, 4.69) is 5.32 Å². The molecule has 2 amide bonds. The minimum absolute atomic E-state index is 0.0301. The molecule has 2 rings (SSSR count). The number of ether oxygens (including phenoxy) is 2. The average molecular weight is 356 g/mol. The van der Waals surface area contributed by atoms with Gasteiger partial charge in [-0.3, -0.25) is 9.59 Å². The van der Waals surface area contributed by atoms with Gasteiger partial charge in [0.25, 0.3) is 0 Å². The number of rotatable bonds is 7. The molecular weight excluding hydrogens is 332 g/mol. The first-order valence-electron chi connectivity index (χ1n) is 8.26. The van der Waals surface area contributed by atoms with Gasteiger partial charge in [-0.15, -0.1) is 0 Å². The van der Waals surface area contributed by atoms with Crippen molar-refractivity contribution >= 4 is 17.5 Å². The van der Waals surface area contributed by atoms with Gasteiger partial charge in [-0.1, -0.05) is 29.8 Å². The second-order valence-electron chi connectivity index (χ2n) is 5.98. The molecule has 0 unspecified atom stereocenters. The monoisotopic (exact) mass is 356 g/mol. The maximum atomic E-state index is 12.4. The Bertz CT molecular complexity index is 789. The SMILES string of the molecule is COc1ccc(NC(=O)CN(Cc2cccc(C)c2)C(C)=O)cc1OC. The topological polar surface area (TPSA) is 67.9 Å². The predicted molar refractivity (Wildman–Crippen MR) is 100 cm³/mol. The molecule has 0 fully saturated rings. The van der Waals surface area contributed by atoms with E-state index in [1.54, 1.807) is 25.3 Å².